The summed E-state index contributed by atoms with van der Waals surface area (Å²) in [5.41, 5.74) is 1.63. The van der Waals surface area contributed by atoms with Crippen molar-refractivity contribution < 1.29 is 4.79 Å². The van der Waals surface area contributed by atoms with E-state index in [1.54, 1.807) is 30.7 Å². The van der Waals surface area contributed by atoms with Gasteiger partial charge in [0.1, 0.15) is 0 Å². The van der Waals surface area contributed by atoms with Gasteiger partial charge >= 0.3 is 0 Å². The molecule has 1 amide bonds. The minimum atomic E-state index is -0.0816. The number of H-pyrrole nitrogens is 1. The van der Waals surface area contributed by atoms with Crippen LogP contribution in [0.5, 0.6) is 0 Å². The lowest BCUT2D eigenvalue weighted by molar-refractivity contribution is 0.0954. The van der Waals surface area contributed by atoms with E-state index in [0.717, 1.165) is 12.1 Å². The van der Waals surface area contributed by atoms with Crippen molar-refractivity contribution in [2.75, 3.05) is 6.54 Å². The Morgan fingerprint density at radius 3 is 2.75 bits per heavy atom. The maximum Gasteiger partial charge on any atom is 0.251 e. The van der Waals surface area contributed by atoms with Gasteiger partial charge in [-0.05, 0) is 18.2 Å². The van der Waals surface area contributed by atoms with Gasteiger partial charge in [0.25, 0.3) is 5.91 Å². The van der Waals surface area contributed by atoms with Crippen molar-refractivity contribution in [2.45, 2.75) is 6.42 Å². The molecule has 0 radical (unpaired) electrons. The van der Waals surface area contributed by atoms with Crippen molar-refractivity contribution >= 4 is 5.91 Å². The number of nitrogens with one attached hydrogen (secondary N) is 2. The van der Waals surface area contributed by atoms with Gasteiger partial charge in [0.05, 0.1) is 0 Å². The van der Waals surface area contributed by atoms with E-state index in [-0.39, 0.29) is 5.91 Å². The first-order valence-electron chi connectivity index (χ1n) is 5.03. The Morgan fingerprint density at radius 1 is 1.25 bits per heavy atom. The number of carbonyl (C=O) groups is 1. The molecule has 82 valence electrons. The standard InChI is InChI=1S/C11H12N4O/c16-11(9-1-5-12-6-2-9)13-7-3-10-4-8-14-15-10/h1-2,4-6,8H,3,7H2,(H,13,16)(H,14,15). The van der Waals surface area contributed by atoms with Crippen LogP contribution in [0.25, 0.3) is 0 Å². The Bertz CT molecular complexity index is 438. The van der Waals surface area contributed by atoms with E-state index < -0.39 is 0 Å². The van der Waals surface area contributed by atoms with Crippen LogP contribution in [-0.4, -0.2) is 27.6 Å². The van der Waals surface area contributed by atoms with Gasteiger partial charge in [-0.25, -0.2) is 0 Å². The number of hydrogen-bond acceptors (Lipinski definition) is 3. The smallest absolute Gasteiger partial charge is 0.251 e. The first-order chi connectivity index (χ1) is 7.86. The molecule has 0 unspecified atom stereocenters. The molecule has 2 aromatic rings. The first-order valence-corrected chi connectivity index (χ1v) is 5.03. The van der Waals surface area contributed by atoms with Crippen LogP contribution in [0.2, 0.25) is 0 Å². The van der Waals surface area contributed by atoms with E-state index in [0.29, 0.717) is 12.1 Å². The average molecular weight is 216 g/mol. The van der Waals surface area contributed by atoms with Crippen LogP contribution >= 0.6 is 0 Å². The number of nitrogens with zero attached hydrogens (tertiary/aromatic N) is 2. The second-order valence-electron chi connectivity index (χ2n) is 3.32. The summed E-state index contributed by atoms with van der Waals surface area (Å²) in [4.78, 5) is 15.5. The SMILES string of the molecule is O=C(NCCc1ccn[nH]1)c1ccncc1. The van der Waals surface area contributed by atoms with Crippen LogP contribution in [0.3, 0.4) is 0 Å². The van der Waals surface area contributed by atoms with Gasteiger partial charge in [-0.15, -0.1) is 0 Å². The van der Waals surface area contributed by atoms with E-state index in [4.69, 9.17) is 0 Å². The molecule has 0 bridgehead atoms. The van der Waals surface area contributed by atoms with E-state index >= 15 is 0 Å². The fourth-order valence-corrected chi connectivity index (χ4v) is 1.34. The van der Waals surface area contributed by atoms with Crippen molar-refractivity contribution in [3.63, 3.8) is 0 Å². The topological polar surface area (TPSA) is 70.7 Å². The van der Waals surface area contributed by atoms with Gasteiger partial charge in [0, 0.05) is 42.8 Å². The molecule has 2 N–H and O–H groups in total. The zero-order valence-corrected chi connectivity index (χ0v) is 8.68. The molecule has 16 heavy (non-hydrogen) atoms. The fraction of sp³-hybridized carbons (Fsp3) is 0.182. The summed E-state index contributed by atoms with van der Waals surface area (Å²) in [5, 5.41) is 9.49. The molecular formula is C11H12N4O. The Morgan fingerprint density at radius 2 is 2.06 bits per heavy atom. The molecule has 5 nitrogen and oxygen atoms in total. The second kappa shape index (κ2) is 5.06. The Labute approximate surface area is 92.9 Å². The fourth-order valence-electron chi connectivity index (χ4n) is 1.34. The van der Waals surface area contributed by atoms with Gasteiger partial charge < -0.3 is 5.32 Å². The van der Waals surface area contributed by atoms with E-state index in [2.05, 4.69) is 20.5 Å². The van der Waals surface area contributed by atoms with E-state index in [9.17, 15) is 4.79 Å². The maximum absolute atomic E-state index is 11.6. The first kappa shape index (κ1) is 10.4. The second-order valence-corrected chi connectivity index (χ2v) is 3.32. The van der Waals surface area contributed by atoms with Crippen LogP contribution in [0, 0.1) is 0 Å². The van der Waals surface area contributed by atoms with Gasteiger partial charge in [0.15, 0.2) is 0 Å². The van der Waals surface area contributed by atoms with Crippen molar-refractivity contribution in [1.82, 2.24) is 20.5 Å². The molecule has 2 heterocycles. The number of rotatable bonds is 4. The summed E-state index contributed by atoms with van der Waals surface area (Å²) in [6.07, 6.45) is 5.64. The summed E-state index contributed by atoms with van der Waals surface area (Å²) >= 11 is 0. The highest BCUT2D eigenvalue weighted by molar-refractivity contribution is 5.93. The summed E-state index contributed by atoms with van der Waals surface area (Å²) in [7, 11) is 0. The number of carbonyl (C=O) groups excluding carboxylic acids is 1. The molecule has 2 aromatic heterocycles. The third-order valence-corrected chi connectivity index (χ3v) is 2.18. The van der Waals surface area contributed by atoms with Crippen molar-refractivity contribution in [2.24, 2.45) is 0 Å². The zero-order chi connectivity index (χ0) is 11.2. The molecule has 0 spiro atoms. The number of amides is 1. The molecule has 5 heteroatoms. The molecular weight excluding hydrogens is 204 g/mol. The molecule has 0 saturated heterocycles. The molecule has 2 rings (SSSR count). The van der Waals surface area contributed by atoms with Crippen LogP contribution in [0.4, 0.5) is 0 Å². The molecule has 0 saturated carbocycles. The zero-order valence-electron chi connectivity index (χ0n) is 8.68. The lowest BCUT2D eigenvalue weighted by Gasteiger charge is -2.03. The highest BCUT2D eigenvalue weighted by Crippen LogP contribution is 1.96. The summed E-state index contributed by atoms with van der Waals surface area (Å²) in [6, 6.07) is 5.26. The lowest BCUT2D eigenvalue weighted by Crippen LogP contribution is -2.25. The van der Waals surface area contributed by atoms with E-state index in [1.807, 2.05) is 6.07 Å². The number of aromatic nitrogens is 3. The van der Waals surface area contributed by atoms with Gasteiger partial charge in [-0.2, -0.15) is 5.10 Å². The van der Waals surface area contributed by atoms with Crippen LogP contribution in [0.1, 0.15) is 16.1 Å². The molecule has 0 aliphatic carbocycles. The Balaban J connectivity index is 1.81. The van der Waals surface area contributed by atoms with Crippen LogP contribution < -0.4 is 5.32 Å². The molecule has 0 aromatic carbocycles. The Hall–Kier alpha value is -2.17. The van der Waals surface area contributed by atoms with Gasteiger partial charge in [-0.1, -0.05) is 0 Å². The summed E-state index contributed by atoms with van der Waals surface area (Å²) in [6.45, 7) is 0.587. The normalized spacial score (nSPS) is 10.0. The van der Waals surface area contributed by atoms with Gasteiger partial charge in [0.2, 0.25) is 0 Å². The largest absolute Gasteiger partial charge is 0.352 e. The predicted molar refractivity (Wildman–Crippen MR) is 58.9 cm³/mol. The monoisotopic (exact) mass is 216 g/mol. The number of hydrogen-bond donors (Lipinski definition) is 2. The Kier molecular flexibility index (Phi) is 3.28. The third-order valence-electron chi connectivity index (χ3n) is 2.18. The summed E-state index contributed by atoms with van der Waals surface area (Å²) < 4.78 is 0. The highest BCUT2D eigenvalue weighted by atomic mass is 16.1. The number of aromatic amines is 1. The van der Waals surface area contributed by atoms with Crippen molar-refractivity contribution in [1.29, 1.82) is 0 Å². The minimum Gasteiger partial charge on any atom is -0.352 e. The number of pyridine rings is 1. The van der Waals surface area contributed by atoms with Crippen molar-refractivity contribution in [3.05, 3.63) is 48.0 Å². The highest BCUT2D eigenvalue weighted by Gasteiger charge is 2.03. The lowest BCUT2D eigenvalue weighted by atomic mass is 10.2. The molecule has 0 aliphatic heterocycles. The average Bonchev–Trinajstić information content (AvgIpc) is 2.83. The molecule has 0 aliphatic rings. The van der Waals surface area contributed by atoms with Gasteiger partial charge in [-0.3, -0.25) is 14.9 Å². The van der Waals surface area contributed by atoms with Crippen molar-refractivity contribution in [3.8, 4) is 0 Å². The minimum absolute atomic E-state index is 0.0816. The summed E-state index contributed by atoms with van der Waals surface area (Å²) in [5.74, 6) is -0.0816. The molecule has 0 atom stereocenters. The predicted octanol–water partition coefficient (Wildman–Crippen LogP) is 0.777. The molecule has 0 fully saturated rings. The van der Waals surface area contributed by atoms with Crippen LogP contribution in [0.15, 0.2) is 36.8 Å². The quantitative estimate of drug-likeness (QED) is 0.793. The van der Waals surface area contributed by atoms with Crippen LogP contribution in [-0.2, 0) is 6.42 Å². The maximum atomic E-state index is 11.6. The third kappa shape index (κ3) is 2.66. The van der Waals surface area contributed by atoms with E-state index in [1.165, 1.54) is 0 Å².